The molecule has 0 radical (unpaired) electrons. The highest BCUT2D eigenvalue weighted by Crippen LogP contribution is 2.39. The summed E-state index contributed by atoms with van der Waals surface area (Å²) >= 11 is 6.21. The lowest BCUT2D eigenvalue weighted by molar-refractivity contribution is 0.0959. The lowest BCUT2D eigenvalue weighted by Crippen LogP contribution is -2.31. The molecular formula is C21H14BClF2N2O4. The Morgan fingerprint density at radius 1 is 1.06 bits per heavy atom. The Labute approximate surface area is 180 Å². The van der Waals surface area contributed by atoms with Crippen LogP contribution in [0.3, 0.4) is 0 Å². The zero-order chi connectivity index (χ0) is 22.3. The van der Waals surface area contributed by atoms with Gasteiger partial charge in [0, 0.05) is 33.0 Å². The summed E-state index contributed by atoms with van der Waals surface area (Å²) in [5.74, 6) is -2.53. The van der Waals surface area contributed by atoms with Gasteiger partial charge >= 0.3 is 7.12 Å². The van der Waals surface area contributed by atoms with Gasteiger partial charge in [-0.1, -0.05) is 17.7 Å². The molecule has 6 nitrogen and oxygen atoms in total. The Morgan fingerprint density at radius 3 is 2.58 bits per heavy atom. The van der Waals surface area contributed by atoms with Gasteiger partial charge in [-0.2, -0.15) is 0 Å². The van der Waals surface area contributed by atoms with Gasteiger partial charge in [0.1, 0.15) is 11.6 Å². The molecule has 1 aliphatic rings. The van der Waals surface area contributed by atoms with E-state index in [1.165, 1.54) is 24.3 Å². The van der Waals surface area contributed by atoms with Gasteiger partial charge in [0.2, 0.25) is 0 Å². The van der Waals surface area contributed by atoms with Crippen LogP contribution in [-0.4, -0.2) is 29.0 Å². The number of nitrogens with one attached hydrogen (secondary N) is 2. The van der Waals surface area contributed by atoms with Crippen molar-refractivity contribution in [1.82, 2.24) is 5.32 Å². The van der Waals surface area contributed by atoms with Gasteiger partial charge in [-0.05, 0) is 54.0 Å². The first-order chi connectivity index (χ1) is 14.7. The summed E-state index contributed by atoms with van der Waals surface area (Å²) in [6.07, 6.45) is 0. The fourth-order valence-electron chi connectivity index (χ4n) is 3.52. The third-order valence-electron chi connectivity index (χ3n) is 4.91. The van der Waals surface area contributed by atoms with E-state index in [0.29, 0.717) is 11.1 Å². The average molecular weight is 443 g/mol. The van der Waals surface area contributed by atoms with Crippen LogP contribution in [0.1, 0.15) is 37.9 Å². The van der Waals surface area contributed by atoms with Crippen LogP contribution < -0.4 is 16.1 Å². The van der Waals surface area contributed by atoms with Crippen LogP contribution in [0.25, 0.3) is 0 Å². The second kappa shape index (κ2) is 8.11. The van der Waals surface area contributed by atoms with Gasteiger partial charge in [-0.15, -0.1) is 0 Å². The number of anilines is 1. The predicted molar refractivity (Wildman–Crippen MR) is 111 cm³/mol. The van der Waals surface area contributed by atoms with Crippen LogP contribution in [0.5, 0.6) is 0 Å². The fourth-order valence-corrected chi connectivity index (χ4v) is 3.75. The number of amides is 2. The first kappa shape index (κ1) is 21.0. The van der Waals surface area contributed by atoms with E-state index in [4.69, 9.17) is 11.6 Å². The summed E-state index contributed by atoms with van der Waals surface area (Å²) in [6, 6.07) is 10.6. The van der Waals surface area contributed by atoms with E-state index in [2.05, 4.69) is 10.6 Å². The number of benzene rings is 3. The van der Waals surface area contributed by atoms with E-state index in [1.54, 1.807) is 12.1 Å². The first-order valence-electron chi connectivity index (χ1n) is 9.11. The van der Waals surface area contributed by atoms with Crippen LogP contribution in [0.2, 0.25) is 5.02 Å². The number of hydrogen-bond donors (Lipinski definition) is 4. The summed E-state index contributed by atoms with van der Waals surface area (Å²) in [6.45, 7) is 0. The maximum absolute atomic E-state index is 13.8. The number of hydrogen-bond acceptors (Lipinski definition) is 4. The number of fused-ring (bicyclic) bond motifs is 1. The second-order valence-electron chi connectivity index (χ2n) is 6.94. The van der Waals surface area contributed by atoms with Gasteiger partial charge in [0.05, 0.1) is 6.04 Å². The van der Waals surface area contributed by atoms with Crippen molar-refractivity contribution in [3.8, 4) is 0 Å². The molecule has 0 spiro atoms. The Morgan fingerprint density at radius 2 is 1.84 bits per heavy atom. The van der Waals surface area contributed by atoms with Gasteiger partial charge in [-0.25, -0.2) is 8.78 Å². The summed E-state index contributed by atoms with van der Waals surface area (Å²) in [5.41, 5.74) is 0.859. The summed E-state index contributed by atoms with van der Waals surface area (Å²) in [4.78, 5) is 25.2. The highest BCUT2D eigenvalue weighted by molar-refractivity contribution is 6.58. The van der Waals surface area contributed by atoms with Gasteiger partial charge in [0.15, 0.2) is 0 Å². The van der Waals surface area contributed by atoms with Gasteiger partial charge < -0.3 is 20.7 Å². The molecular weight excluding hydrogens is 429 g/mol. The quantitative estimate of drug-likeness (QED) is 0.466. The first-order valence-corrected chi connectivity index (χ1v) is 9.49. The summed E-state index contributed by atoms with van der Waals surface area (Å²) in [7, 11) is -1.95. The van der Waals surface area contributed by atoms with Crippen molar-refractivity contribution in [2.45, 2.75) is 6.04 Å². The number of rotatable bonds is 4. The van der Waals surface area contributed by atoms with E-state index in [1.807, 2.05) is 0 Å². The van der Waals surface area contributed by atoms with Crippen molar-refractivity contribution in [3.63, 3.8) is 0 Å². The molecule has 31 heavy (non-hydrogen) atoms. The van der Waals surface area contributed by atoms with Crippen molar-refractivity contribution in [2.24, 2.45) is 0 Å². The molecule has 1 aliphatic heterocycles. The topological polar surface area (TPSA) is 98.7 Å². The smallest absolute Gasteiger partial charge is 0.423 e. The zero-order valence-corrected chi connectivity index (χ0v) is 16.5. The van der Waals surface area contributed by atoms with Crippen LogP contribution in [0.15, 0.2) is 54.6 Å². The Kier molecular flexibility index (Phi) is 5.49. The van der Waals surface area contributed by atoms with Gasteiger partial charge in [0.25, 0.3) is 11.8 Å². The fraction of sp³-hybridized carbons (Fsp3) is 0.0476. The second-order valence-corrected chi connectivity index (χ2v) is 7.35. The van der Waals surface area contributed by atoms with Crippen LogP contribution >= 0.6 is 11.6 Å². The monoisotopic (exact) mass is 442 g/mol. The van der Waals surface area contributed by atoms with Crippen LogP contribution in [0, 0.1) is 11.6 Å². The van der Waals surface area contributed by atoms with Crippen molar-refractivity contribution >= 4 is 41.7 Å². The van der Waals surface area contributed by atoms with E-state index < -0.39 is 36.6 Å². The molecule has 1 unspecified atom stereocenters. The van der Waals surface area contributed by atoms with Crippen LogP contribution in [0.4, 0.5) is 14.5 Å². The SMILES string of the molecule is O=C(Nc1cccc2c1C(c1cc(F)ccc1Cl)NC2=O)c1cc(F)cc(B(O)O)c1. The molecule has 4 N–H and O–H groups in total. The Bertz CT molecular complexity index is 1220. The molecule has 1 atom stereocenters. The summed E-state index contributed by atoms with van der Waals surface area (Å²) < 4.78 is 27.6. The maximum atomic E-state index is 13.8. The maximum Gasteiger partial charge on any atom is 0.488 e. The van der Waals surface area contributed by atoms with E-state index in [9.17, 15) is 28.4 Å². The molecule has 0 bridgehead atoms. The number of carbonyl (C=O) groups excluding carboxylic acids is 2. The molecule has 0 saturated heterocycles. The molecule has 3 aromatic carbocycles. The standard InChI is InChI=1S/C21H14BClF2N2O4/c23-16-5-4-12(24)9-15(16)19-18-14(21(29)27-19)2-1-3-17(18)26-20(28)10-6-11(22(30)31)8-13(25)7-10/h1-9,19,30-31H,(H,26,28)(H,27,29). The molecule has 2 amide bonds. The van der Waals surface area contributed by atoms with E-state index >= 15 is 0 Å². The van der Waals surface area contributed by atoms with Crippen LogP contribution in [-0.2, 0) is 0 Å². The molecule has 1 heterocycles. The molecule has 10 heteroatoms. The lowest BCUT2D eigenvalue weighted by Gasteiger charge is -2.18. The van der Waals surface area contributed by atoms with Crippen molar-refractivity contribution in [1.29, 1.82) is 0 Å². The minimum atomic E-state index is -1.95. The Balaban J connectivity index is 1.75. The van der Waals surface area contributed by atoms with E-state index in [-0.39, 0.29) is 27.3 Å². The highest BCUT2D eigenvalue weighted by Gasteiger charge is 2.34. The third-order valence-corrected chi connectivity index (χ3v) is 5.26. The minimum Gasteiger partial charge on any atom is -0.423 e. The Hall–Kier alpha value is -3.27. The zero-order valence-electron chi connectivity index (χ0n) is 15.7. The molecule has 3 aromatic rings. The molecule has 4 rings (SSSR count). The normalized spacial score (nSPS) is 14.7. The highest BCUT2D eigenvalue weighted by atomic mass is 35.5. The molecule has 0 fully saturated rings. The minimum absolute atomic E-state index is 0.154. The average Bonchev–Trinajstić information content (AvgIpc) is 3.07. The van der Waals surface area contributed by atoms with Crippen molar-refractivity contribution in [2.75, 3.05) is 5.32 Å². The lowest BCUT2D eigenvalue weighted by atomic mass is 9.79. The third kappa shape index (κ3) is 4.03. The van der Waals surface area contributed by atoms with Crippen molar-refractivity contribution in [3.05, 3.63) is 93.5 Å². The summed E-state index contributed by atoms with van der Waals surface area (Å²) in [5, 5.41) is 24.1. The molecule has 156 valence electrons. The molecule has 0 saturated carbocycles. The van der Waals surface area contributed by atoms with Crippen molar-refractivity contribution < 1.29 is 28.4 Å². The number of halogens is 3. The largest absolute Gasteiger partial charge is 0.488 e. The molecule has 0 aromatic heterocycles. The molecule has 0 aliphatic carbocycles. The van der Waals surface area contributed by atoms with E-state index in [0.717, 1.165) is 18.2 Å². The van der Waals surface area contributed by atoms with Gasteiger partial charge in [-0.3, -0.25) is 9.59 Å². The number of carbonyl (C=O) groups is 2. The predicted octanol–water partition coefficient (Wildman–Crippen LogP) is 2.38.